The van der Waals surface area contributed by atoms with E-state index in [9.17, 15) is 10.2 Å². The van der Waals surface area contributed by atoms with Gasteiger partial charge in [0.15, 0.2) is 11.5 Å². The minimum Gasteiger partial charge on any atom is -0.504 e. The molecule has 5 aliphatic rings. The number of nitrogens with zero attached hydrogens (tertiary/aromatic N) is 1. The zero-order valence-electron chi connectivity index (χ0n) is 15.5. The van der Waals surface area contributed by atoms with Gasteiger partial charge in [-0.05, 0) is 42.9 Å². The highest BCUT2D eigenvalue weighted by atomic mass is 16.5. The number of aliphatic hydroxyl groups is 1. The van der Waals surface area contributed by atoms with Crippen LogP contribution in [0.25, 0.3) is 0 Å². The molecule has 1 aromatic rings. The molecule has 0 aromatic heterocycles. The zero-order chi connectivity index (χ0) is 17.9. The van der Waals surface area contributed by atoms with E-state index in [-0.39, 0.29) is 17.9 Å². The molecule has 2 aliphatic heterocycles. The van der Waals surface area contributed by atoms with E-state index in [1.54, 1.807) is 6.07 Å². The van der Waals surface area contributed by atoms with Crippen LogP contribution in [0.4, 0.5) is 0 Å². The van der Waals surface area contributed by atoms with Gasteiger partial charge >= 0.3 is 0 Å². The zero-order valence-corrected chi connectivity index (χ0v) is 15.5. The first kappa shape index (κ1) is 15.5. The van der Waals surface area contributed by atoms with Crippen LogP contribution in [-0.2, 0) is 11.8 Å². The molecule has 2 saturated carbocycles. The van der Waals surface area contributed by atoms with Gasteiger partial charge in [-0.15, -0.1) is 0 Å². The van der Waals surface area contributed by atoms with Crippen LogP contribution in [0.5, 0.6) is 11.5 Å². The van der Waals surface area contributed by atoms with Crippen molar-refractivity contribution in [1.82, 2.24) is 0 Å². The van der Waals surface area contributed by atoms with Crippen molar-refractivity contribution in [2.75, 3.05) is 20.1 Å². The minimum absolute atomic E-state index is 0.194. The molecule has 0 amide bonds. The van der Waals surface area contributed by atoms with Crippen LogP contribution in [-0.4, -0.2) is 52.6 Å². The van der Waals surface area contributed by atoms with Gasteiger partial charge in [-0.25, -0.2) is 0 Å². The van der Waals surface area contributed by atoms with E-state index >= 15 is 0 Å². The normalized spacial score (nSPS) is 45.2. The number of phenolic OH excluding ortho intramolecular Hbond substituents is 1. The summed E-state index contributed by atoms with van der Waals surface area (Å²) < 4.78 is 7.32. The number of aromatic hydroxyl groups is 1. The van der Waals surface area contributed by atoms with Crippen molar-refractivity contribution in [3.05, 3.63) is 35.4 Å². The molecule has 5 atom stereocenters. The van der Waals surface area contributed by atoms with E-state index in [1.807, 2.05) is 0 Å². The summed E-state index contributed by atoms with van der Waals surface area (Å²) in [5.41, 5.74) is 2.25. The van der Waals surface area contributed by atoms with Crippen molar-refractivity contribution < 1.29 is 19.4 Å². The lowest BCUT2D eigenvalue weighted by Crippen LogP contribution is -2.80. The molecular weight excluding hydrogens is 326 g/mol. The SMILES string of the molecule is C=C1CCC2(O)C3Cc4ccc(O)c5c4[C@]2(CC[N@@+]3(C)CC2CC2)C1O5. The summed E-state index contributed by atoms with van der Waals surface area (Å²) in [6.07, 6.45) is 5.88. The van der Waals surface area contributed by atoms with E-state index in [0.717, 1.165) is 53.8 Å². The largest absolute Gasteiger partial charge is 0.504 e. The average molecular weight is 354 g/mol. The molecule has 3 unspecified atom stereocenters. The lowest BCUT2D eigenvalue weighted by molar-refractivity contribution is -0.950. The van der Waals surface area contributed by atoms with Crippen LogP contribution in [0.2, 0.25) is 0 Å². The van der Waals surface area contributed by atoms with Crippen molar-refractivity contribution in [2.24, 2.45) is 5.92 Å². The third kappa shape index (κ3) is 1.56. The molecule has 26 heavy (non-hydrogen) atoms. The van der Waals surface area contributed by atoms with Gasteiger partial charge in [0.2, 0.25) is 0 Å². The fraction of sp³-hybridized carbons (Fsp3) is 0.636. The highest BCUT2D eigenvalue weighted by Gasteiger charge is 2.75. The van der Waals surface area contributed by atoms with Crippen molar-refractivity contribution in [2.45, 2.75) is 61.7 Å². The number of benzene rings is 1. The number of ether oxygens (including phenoxy) is 1. The number of phenols is 1. The Morgan fingerprint density at radius 2 is 2.12 bits per heavy atom. The van der Waals surface area contributed by atoms with Crippen LogP contribution in [0, 0.1) is 5.92 Å². The van der Waals surface area contributed by atoms with Crippen LogP contribution < -0.4 is 4.74 Å². The third-order valence-electron chi connectivity index (χ3n) is 8.43. The van der Waals surface area contributed by atoms with Crippen molar-refractivity contribution >= 4 is 0 Å². The Morgan fingerprint density at radius 3 is 2.88 bits per heavy atom. The van der Waals surface area contributed by atoms with Crippen molar-refractivity contribution in [3.8, 4) is 11.5 Å². The monoisotopic (exact) mass is 354 g/mol. The Balaban J connectivity index is 1.60. The number of likely N-dealkylation sites (tertiary alicyclic amines) is 1. The summed E-state index contributed by atoms with van der Waals surface area (Å²) >= 11 is 0. The molecule has 0 radical (unpaired) electrons. The summed E-state index contributed by atoms with van der Waals surface area (Å²) in [5, 5.41) is 22.7. The molecule has 1 spiro atoms. The van der Waals surface area contributed by atoms with Crippen LogP contribution in [0.3, 0.4) is 0 Å². The third-order valence-corrected chi connectivity index (χ3v) is 8.43. The topological polar surface area (TPSA) is 49.7 Å². The number of hydrogen-bond donors (Lipinski definition) is 2. The highest BCUT2D eigenvalue weighted by Crippen LogP contribution is 2.67. The summed E-state index contributed by atoms with van der Waals surface area (Å²) in [6.45, 7) is 6.57. The van der Waals surface area contributed by atoms with Crippen molar-refractivity contribution in [1.29, 1.82) is 0 Å². The highest BCUT2D eigenvalue weighted by molar-refractivity contribution is 5.63. The van der Waals surface area contributed by atoms with Gasteiger partial charge in [-0.2, -0.15) is 0 Å². The summed E-state index contributed by atoms with van der Waals surface area (Å²) in [7, 11) is 2.37. The predicted octanol–water partition coefficient (Wildman–Crippen LogP) is 2.66. The van der Waals surface area contributed by atoms with Crippen LogP contribution in [0.15, 0.2) is 24.3 Å². The molecule has 3 aliphatic carbocycles. The van der Waals surface area contributed by atoms with E-state index in [4.69, 9.17) is 4.74 Å². The first-order chi connectivity index (χ1) is 12.4. The van der Waals surface area contributed by atoms with Gasteiger partial charge in [-0.3, -0.25) is 0 Å². The molecule has 4 heteroatoms. The first-order valence-corrected chi connectivity index (χ1v) is 10.2. The van der Waals surface area contributed by atoms with Crippen molar-refractivity contribution in [3.63, 3.8) is 0 Å². The van der Waals surface area contributed by atoms with Crippen LogP contribution in [0.1, 0.15) is 43.2 Å². The minimum atomic E-state index is -0.771. The summed E-state index contributed by atoms with van der Waals surface area (Å²) in [4.78, 5) is 0. The summed E-state index contributed by atoms with van der Waals surface area (Å²) in [5.74, 6) is 1.66. The van der Waals surface area contributed by atoms with E-state index < -0.39 is 11.0 Å². The molecule has 138 valence electrons. The first-order valence-electron chi connectivity index (χ1n) is 10.2. The van der Waals surface area contributed by atoms with Gasteiger partial charge in [0, 0.05) is 24.3 Å². The fourth-order valence-corrected chi connectivity index (χ4v) is 7.07. The predicted molar refractivity (Wildman–Crippen MR) is 98.3 cm³/mol. The van der Waals surface area contributed by atoms with Gasteiger partial charge in [0.25, 0.3) is 0 Å². The lowest BCUT2D eigenvalue weighted by atomic mass is 9.48. The average Bonchev–Trinajstić information content (AvgIpc) is 3.32. The second-order valence-corrected chi connectivity index (χ2v) is 9.80. The number of quaternary nitrogens is 1. The second-order valence-electron chi connectivity index (χ2n) is 9.80. The number of rotatable bonds is 2. The standard InChI is InChI=1S/C22H27NO3/c1-13-7-8-22(25)17-11-15-5-6-16(24)19-18(15)21(22,20(13)26-19)9-10-23(17,2)12-14-3-4-14/h5-6,14,17,20,25H,1,3-4,7-12H2,2H3/p+1/t17?,20?,21-,22?,23+/m1/s1. The number of piperidine rings is 1. The van der Waals surface area contributed by atoms with E-state index in [1.165, 1.54) is 24.9 Å². The maximum absolute atomic E-state index is 12.3. The molecule has 3 fully saturated rings. The van der Waals surface area contributed by atoms with Gasteiger partial charge in [0.05, 0.1) is 25.6 Å². The maximum Gasteiger partial charge on any atom is 0.166 e. The maximum atomic E-state index is 12.3. The fourth-order valence-electron chi connectivity index (χ4n) is 7.07. The van der Waals surface area contributed by atoms with Gasteiger partial charge < -0.3 is 19.4 Å². The molecule has 1 aromatic carbocycles. The number of likely N-dealkylation sites (N-methyl/N-ethyl adjacent to an activating group) is 1. The lowest BCUT2D eigenvalue weighted by Gasteiger charge is -2.65. The Morgan fingerprint density at radius 1 is 1.31 bits per heavy atom. The Hall–Kier alpha value is -1.52. The Bertz CT molecular complexity index is 846. The molecule has 2 bridgehead atoms. The Labute approximate surface area is 154 Å². The van der Waals surface area contributed by atoms with E-state index in [2.05, 4.69) is 19.7 Å². The van der Waals surface area contributed by atoms with Crippen LogP contribution >= 0.6 is 0 Å². The molecule has 2 heterocycles. The quantitative estimate of drug-likeness (QED) is 0.634. The summed E-state index contributed by atoms with van der Waals surface area (Å²) in [6, 6.07) is 4.05. The second kappa shape index (κ2) is 4.48. The molecule has 1 saturated heterocycles. The van der Waals surface area contributed by atoms with Gasteiger partial charge in [0.1, 0.15) is 17.7 Å². The smallest absolute Gasteiger partial charge is 0.166 e. The van der Waals surface area contributed by atoms with E-state index in [0.29, 0.717) is 5.75 Å². The number of hydrogen-bond acceptors (Lipinski definition) is 3. The molecule has 6 rings (SSSR count). The molecular formula is C22H28NO3+. The Kier molecular flexibility index (Phi) is 2.67. The molecule has 4 nitrogen and oxygen atoms in total. The molecule has 2 N–H and O–H groups in total. The van der Waals surface area contributed by atoms with Gasteiger partial charge in [-0.1, -0.05) is 12.6 Å².